The molecule has 152 valence electrons. The third-order valence-corrected chi connectivity index (χ3v) is 5.39. The van der Waals surface area contributed by atoms with Gasteiger partial charge < -0.3 is 10.1 Å². The summed E-state index contributed by atoms with van der Waals surface area (Å²) < 4.78 is 7.44. The zero-order valence-electron chi connectivity index (χ0n) is 16.3. The average molecular weight is 431 g/mol. The molecule has 0 aliphatic rings. The van der Waals surface area contributed by atoms with Gasteiger partial charge in [0.2, 0.25) is 5.91 Å². The van der Waals surface area contributed by atoms with Gasteiger partial charge in [0.25, 0.3) is 0 Å². The lowest BCUT2D eigenvalue weighted by atomic mass is 10.0. The van der Waals surface area contributed by atoms with Crippen LogP contribution in [0.15, 0.2) is 60.0 Å². The maximum absolute atomic E-state index is 12.1. The number of aromatic nitrogens is 3. The van der Waals surface area contributed by atoms with Crippen LogP contribution in [-0.2, 0) is 4.79 Å². The lowest BCUT2D eigenvalue weighted by Gasteiger charge is -2.10. The average Bonchev–Trinajstić information content (AvgIpc) is 3.19. The number of ether oxygens (including phenoxy) is 1. The Balaban J connectivity index is 1.44. The van der Waals surface area contributed by atoms with E-state index in [4.69, 9.17) is 16.3 Å². The molecule has 3 rings (SSSR count). The zero-order chi connectivity index (χ0) is 20.6. The van der Waals surface area contributed by atoms with Crippen molar-refractivity contribution in [2.45, 2.75) is 24.9 Å². The molecule has 1 aromatic heterocycles. The monoisotopic (exact) mass is 430 g/mol. The largest absolute Gasteiger partial charge is 0.492 e. The summed E-state index contributed by atoms with van der Waals surface area (Å²) in [5.41, 5.74) is 2.25. The third-order valence-electron chi connectivity index (χ3n) is 4.19. The minimum absolute atomic E-state index is 0.0839. The minimum Gasteiger partial charge on any atom is -0.492 e. The molecular formula is C21H23ClN4O2S. The number of nitrogens with one attached hydrogen (secondary N) is 1. The molecule has 1 N–H and O–H groups in total. The van der Waals surface area contributed by atoms with Gasteiger partial charge in [0.15, 0.2) is 5.16 Å². The Morgan fingerprint density at radius 2 is 1.90 bits per heavy atom. The molecule has 6 nitrogen and oxygen atoms in total. The van der Waals surface area contributed by atoms with Crippen molar-refractivity contribution in [2.24, 2.45) is 0 Å². The second-order valence-corrected chi connectivity index (χ2v) is 8.05. The molecule has 3 aromatic rings. The number of hydrogen-bond donors (Lipinski definition) is 1. The summed E-state index contributed by atoms with van der Waals surface area (Å²) in [7, 11) is 0. The van der Waals surface area contributed by atoms with Gasteiger partial charge in [0.1, 0.15) is 18.7 Å². The number of hydrogen-bond acceptors (Lipinski definition) is 5. The van der Waals surface area contributed by atoms with E-state index >= 15 is 0 Å². The van der Waals surface area contributed by atoms with E-state index in [9.17, 15) is 4.79 Å². The fourth-order valence-corrected chi connectivity index (χ4v) is 3.48. The molecule has 0 bridgehead atoms. The molecule has 1 heterocycles. The van der Waals surface area contributed by atoms with Gasteiger partial charge in [-0.1, -0.05) is 49.3 Å². The molecular weight excluding hydrogens is 408 g/mol. The predicted molar refractivity (Wildman–Crippen MR) is 116 cm³/mol. The summed E-state index contributed by atoms with van der Waals surface area (Å²) in [6, 6.07) is 15.4. The number of carbonyl (C=O) groups excluding carboxylic acids is 1. The Hall–Kier alpha value is -2.51. The van der Waals surface area contributed by atoms with Gasteiger partial charge in [-0.3, -0.25) is 9.36 Å². The summed E-state index contributed by atoms with van der Waals surface area (Å²) in [6.07, 6.45) is 1.66. The van der Waals surface area contributed by atoms with E-state index in [-0.39, 0.29) is 11.7 Å². The molecule has 0 saturated heterocycles. The van der Waals surface area contributed by atoms with Crippen molar-refractivity contribution in [1.82, 2.24) is 20.1 Å². The van der Waals surface area contributed by atoms with Gasteiger partial charge in [-0.05, 0) is 47.9 Å². The third kappa shape index (κ3) is 6.24. The van der Waals surface area contributed by atoms with Crippen molar-refractivity contribution in [3.05, 3.63) is 65.4 Å². The van der Waals surface area contributed by atoms with E-state index in [0.29, 0.717) is 29.2 Å². The van der Waals surface area contributed by atoms with E-state index in [1.165, 1.54) is 17.3 Å². The SMILES string of the molecule is CC(C)c1ccc(-n2cnnc2SCC(=O)NCCOc2ccc(Cl)cc2)cc1. The molecule has 0 spiro atoms. The van der Waals surface area contributed by atoms with Crippen LogP contribution in [0.25, 0.3) is 5.69 Å². The highest BCUT2D eigenvalue weighted by atomic mass is 35.5. The van der Waals surface area contributed by atoms with E-state index in [1.807, 2.05) is 16.7 Å². The van der Waals surface area contributed by atoms with Crippen LogP contribution in [0.3, 0.4) is 0 Å². The van der Waals surface area contributed by atoms with Crippen molar-refractivity contribution >= 4 is 29.3 Å². The first-order valence-corrected chi connectivity index (χ1v) is 10.7. The first kappa shape index (κ1) is 21.2. The van der Waals surface area contributed by atoms with Crippen LogP contribution in [0.2, 0.25) is 5.02 Å². The van der Waals surface area contributed by atoms with E-state index in [0.717, 1.165) is 11.4 Å². The highest BCUT2D eigenvalue weighted by Crippen LogP contribution is 2.21. The Morgan fingerprint density at radius 3 is 2.59 bits per heavy atom. The molecule has 0 fully saturated rings. The van der Waals surface area contributed by atoms with Crippen molar-refractivity contribution in [3.63, 3.8) is 0 Å². The number of benzene rings is 2. The standard InChI is InChI=1S/C21H23ClN4O2S/c1-15(2)16-3-7-18(8-4-16)26-14-24-25-21(26)29-13-20(27)23-11-12-28-19-9-5-17(22)6-10-19/h3-10,14-15H,11-13H2,1-2H3,(H,23,27). The maximum Gasteiger partial charge on any atom is 0.230 e. The molecule has 0 saturated carbocycles. The number of halogens is 1. The van der Waals surface area contributed by atoms with Crippen LogP contribution in [0.1, 0.15) is 25.3 Å². The fraction of sp³-hybridized carbons (Fsp3) is 0.286. The molecule has 0 atom stereocenters. The van der Waals surface area contributed by atoms with Crippen LogP contribution in [0.5, 0.6) is 5.75 Å². The minimum atomic E-state index is -0.0839. The van der Waals surface area contributed by atoms with Crippen molar-refractivity contribution in [2.75, 3.05) is 18.9 Å². The van der Waals surface area contributed by atoms with Crippen molar-refractivity contribution in [1.29, 1.82) is 0 Å². The first-order chi connectivity index (χ1) is 14.0. The molecule has 0 aliphatic heterocycles. The molecule has 8 heteroatoms. The number of carbonyl (C=O) groups is 1. The maximum atomic E-state index is 12.1. The Morgan fingerprint density at radius 1 is 1.17 bits per heavy atom. The number of nitrogens with zero attached hydrogens (tertiary/aromatic N) is 3. The summed E-state index contributed by atoms with van der Waals surface area (Å²) in [6.45, 7) is 5.13. The van der Waals surface area contributed by atoms with Crippen molar-refractivity contribution in [3.8, 4) is 11.4 Å². The normalized spacial score (nSPS) is 10.9. The van der Waals surface area contributed by atoms with E-state index in [2.05, 4.69) is 41.5 Å². The van der Waals surface area contributed by atoms with Crippen molar-refractivity contribution < 1.29 is 9.53 Å². The van der Waals surface area contributed by atoms with Gasteiger partial charge >= 0.3 is 0 Å². The van der Waals surface area contributed by atoms with Gasteiger partial charge in [-0.2, -0.15) is 0 Å². The summed E-state index contributed by atoms with van der Waals surface area (Å²) in [5.74, 6) is 1.36. The fourth-order valence-electron chi connectivity index (χ4n) is 2.59. The summed E-state index contributed by atoms with van der Waals surface area (Å²) in [4.78, 5) is 12.1. The second-order valence-electron chi connectivity index (χ2n) is 6.67. The summed E-state index contributed by atoms with van der Waals surface area (Å²) >= 11 is 7.18. The van der Waals surface area contributed by atoms with Gasteiger partial charge in [-0.15, -0.1) is 10.2 Å². The molecule has 1 amide bonds. The van der Waals surface area contributed by atoms with Crippen LogP contribution in [-0.4, -0.2) is 39.6 Å². The lowest BCUT2D eigenvalue weighted by Crippen LogP contribution is -2.29. The summed E-state index contributed by atoms with van der Waals surface area (Å²) in [5, 5.41) is 12.3. The van der Waals surface area contributed by atoms with Gasteiger partial charge in [0.05, 0.1) is 12.3 Å². The number of amides is 1. The van der Waals surface area contributed by atoms with Gasteiger partial charge in [-0.25, -0.2) is 0 Å². The van der Waals surface area contributed by atoms with Crippen LogP contribution in [0.4, 0.5) is 0 Å². The van der Waals surface area contributed by atoms with Crippen LogP contribution in [0, 0.1) is 0 Å². The Kier molecular flexibility index (Phi) is 7.55. The topological polar surface area (TPSA) is 69.0 Å². The Labute approximate surface area is 179 Å². The molecule has 2 aromatic carbocycles. The second kappa shape index (κ2) is 10.3. The zero-order valence-corrected chi connectivity index (χ0v) is 17.9. The van der Waals surface area contributed by atoms with E-state index in [1.54, 1.807) is 30.6 Å². The lowest BCUT2D eigenvalue weighted by molar-refractivity contribution is -0.118. The Bertz CT molecular complexity index is 927. The predicted octanol–water partition coefficient (Wildman–Crippen LogP) is 4.33. The smallest absolute Gasteiger partial charge is 0.230 e. The molecule has 0 radical (unpaired) electrons. The van der Waals surface area contributed by atoms with E-state index < -0.39 is 0 Å². The first-order valence-electron chi connectivity index (χ1n) is 9.31. The molecule has 29 heavy (non-hydrogen) atoms. The van der Waals surface area contributed by atoms with Gasteiger partial charge in [0, 0.05) is 10.7 Å². The number of rotatable bonds is 9. The van der Waals surface area contributed by atoms with Crippen LogP contribution >= 0.6 is 23.4 Å². The number of thioether (sulfide) groups is 1. The highest BCUT2D eigenvalue weighted by Gasteiger charge is 2.10. The highest BCUT2D eigenvalue weighted by molar-refractivity contribution is 7.99. The van der Waals surface area contributed by atoms with Crippen LogP contribution < -0.4 is 10.1 Å². The molecule has 0 aliphatic carbocycles. The quantitative estimate of drug-likeness (QED) is 0.404. The molecule has 0 unspecified atom stereocenters.